The van der Waals surface area contributed by atoms with E-state index in [1.807, 2.05) is 20.8 Å². The van der Waals surface area contributed by atoms with Gasteiger partial charge in [0, 0.05) is 0 Å². The lowest BCUT2D eigenvalue weighted by Gasteiger charge is -2.20. The van der Waals surface area contributed by atoms with Gasteiger partial charge >= 0.3 is 6.18 Å². The topological polar surface area (TPSA) is 30.7 Å². The third-order valence-electron chi connectivity index (χ3n) is 2.45. The molecule has 0 bridgehead atoms. The Morgan fingerprint density at radius 1 is 1.22 bits per heavy atom. The monoisotopic (exact) mass is 277 g/mol. The summed E-state index contributed by atoms with van der Waals surface area (Å²) in [5, 5.41) is 3.74. The maximum atomic E-state index is 12.9. The standard InChI is InChI=1S/C11H11ClF3N3/c1-10(2,3)18-9-6(5-16-18)7(11(13,14)15)4-8(12)17-9/h4-5H,1-3H3. The summed E-state index contributed by atoms with van der Waals surface area (Å²) < 4.78 is 40.1. The van der Waals surface area contributed by atoms with Gasteiger partial charge in [-0.15, -0.1) is 0 Å². The van der Waals surface area contributed by atoms with Crippen LogP contribution >= 0.6 is 11.6 Å². The zero-order valence-electron chi connectivity index (χ0n) is 10.0. The van der Waals surface area contributed by atoms with Crippen molar-refractivity contribution in [1.82, 2.24) is 14.8 Å². The lowest BCUT2D eigenvalue weighted by atomic mass is 10.1. The molecule has 3 nitrogen and oxygen atoms in total. The molecule has 0 fully saturated rings. The summed E-state index contributed by atoms with van der Waals surface area (Å²) in [6, 6.07) is 0.818. The van der Waals surface area contributed by atoms with Crippen molar-refractivity contribution in [1.29, 1.82) is 0 Å². The molecule has 0 aromatic carbocycles. The highest BCUT2D eigenvalue weighted by Gasteiger charge is 2.35. The van der Waals surface area contributed by atoms with Gasteiger partial charge in [0.15, 0.2) is 5.65 Å². The average molecular weight is 278 g/mol. The van der Waals surface area contributed by atoms with Gasteiger partial charge in [-0.25, -0.2) is 9.67 Å². The normalized spacial score (nSPS) is 13.3. The minimum Gasteiger partial charge on any atom is -0.242 e. The van der Waals surface area contributed by atoms with Crippen LogP contribution in [-0.2, 0) is 11.7 Å². The maximum Gasteiger partial charge on any atom is 0.417 e. The number of pyridine rings is 1. The number of hydrogen-bond acceptors (Lipinski definition) is 2. The zero-order chi connectivity index (χ0) is 13.7. The molecule has 2 rings (SSSR count). The Hall–Kier alpha value is -1.30. The number of alkyl halides is 3. The fourth-order valence-electron chi connectivity index (χ4n) is 1.70. The van der Waals surface area contributed by atoms with Crippen LogP contribution in [0.1, 0.15) is 26.3 Å². The molecule has 0 amide bonds. The lowest BCUT2D eigenvalue weighted by Crippen LogP contribution is -2.23. The summed E-state index contributed by atoms with van der Waals surface area (Å²) in [6.45, 7) is 5.49. The first-order valence-corrected chi connectivity index (χ1v) is 5.60. The molecule has 0 aliphatic heterocycles. The van der Waals surface area contributed by atoms with E-state index in [0.717, 1.165) is 6.07 Å². The summed E-state index contributed by atoms with van der Waals surface area (Å²) in [6.07, 6.45) is -3.30. The van der Waals surface area contributed by atoms with Crippen LogP contribution in [0.25, 0.3) is 11.0 Å². The van der Waals surface area contributed by atoms with E-state index < -0.39 is 17.3 Å². The van der Waals surface area contributed by atoms with Crippen LogP contribution in [0.5, 0.6) is 0 Å². The summed E-state index contributed by atoms with van der Waals surface area (Å²) in [5.41, 5.74) is -1.14. The Morgan fingerprint density at radius 2 is 1.83 bits per heavy atom. The molecule has 18 heavy (non-hydrogen) atoms. The number of fused-ring (bicyclic) bond motifs is 1. The van der Waals surface area contributed by atoms with E-state index in [1.165, 1.54) is 10.9 Å². The van der Waals surface area contributed by atoms with Gasteiger partial charge in [0.2, 0.25) is 0 Å². The highest BCUT2D eigenvalue weighted by molar-refractivity contribution is 6.29. The second-order valence-electron chi connectivity index (χ2n) is 4.95. The van der Waals surface area contributed by atoms with Crippen LogP contribution < -0.4 is 0 Å². The van der Waals surface area contributed by atoms with E-state index in [1.54, 1.807) is 0 Å². The number of halogens is 4. The smallest absolute Gasteiger partial charge is 0.242 e. The highest BCUT2D eigenvalue weighted by atomic mass is 35.5. The molecule has 7 heteroatoms. The van der Waals surface area contributed by atoms with Gasteiger partial charge in [0.05, 0.1) is 22.7 Å². The first kappa shape index (κ1) is 13.1. The van der Waals surface area contributed by atoms with E-state index in [2.05, 4.69) is 10.1 Å². The molecule has 2 aromatic heterocycles. The van der Waals surface area contributed by atoms with E-state index in [-0.39, 0.29) is 16.2 Å². The van der Waals surface area contributed by atoms with E-state index in [0.29, 0.717) is 0 Å². The van der Waals surface area contributed by atoms with Gasteiger partial charge in [-0.05, 0) is 26.8 Å². The van der Waals surface area contributed by atoms with Crippen molar-refractivity contribution in [3.63, 3.8) is 0 Å². The molecule has 0 saturated carbocycles. The molecule has 0 N–H and O–H groups in total. The number of nitrogens with zero attached hydrogens (tertiary/aromatic N) is 3. The first-order valence-electron chi connectivity index (χ1n) is 5.22. The molecular formula is C11H11ClF3N3. The van der Waals surface area contributed by atoms with Gasteiger partial charge in [0.1, 0.15) is 5.15 Å². The summed E-state index contributed by atoms with van der Waals surface area (Å²) in [4.78, 5) is 3.94. The number of aromatic nitrogens is 3. The zero-order valence-corrected chi connectivity index (χ0v) is 10.8. The maximum absolute atomic E-state index is 12.9. The Balaban J connectivity index is 2.82. The summed E-state index contributed by atoms with van der Waals surface area (Å²) >= 11 is 5.66. The SMILES string of the molecule is CC(C)(C)n1ncc2c(C(F)(F)F)cc(Cl)nc21. The second kappa shape index (κ2) is 3.85. The van der Waals surface area contributed by atoms with Gasteiger partial charge in [0.25, 0.3) is 0 Å². The van der Waals surface area contributed by atoms with Crippen molar-refractivity contribution >= 4 is 22.6 Å². The summed E-state index contributed by atoms with van der Waals surface area (Å²) in [7, 11) is 0. The minimum atomic E-state index is -4.48. The van der Waals surface area contributed by atoms with Crippen LogP contribution in [0.15, 0.2) is 12.3 Å². The molecule has 0 spiro atoms. The molecule has 0 aliphatic carbocycles. The molecule has 0 unspecified atom stereocenters. The lowest BCUT2D eigenvalue weighted by molar-refractivity contribution is -0.136. The van der Waals surface area contributed by atoms with Gasteiger partial charge in [-0.3, -0.25) is 0 Å². The van der Waals surface area contributed by atoms with E-state index >= 15 is 0 Å². The second-order valence-corrected chi connectivity index (χ2v) is 5.34. The molecular weight excluding hydrogens is 267 g/mol. The van der Waals surface area contributed by atoms with Crippen molar-refractivity contribution < 1.29 is 13.2 Å². The largest absolute Gasteiger partial charge is 0.417 e. The van der Waals surface area contributed by atoms with Crippen molar-refractivity contribution in [2.75, 3.05) is 0 Å². The van der Waals surface area contributed by atoms with Crippen LogP contribution in [0.3, 0.4) is 0 Å². The number of rotatable bonds is 0. The van der Waals surface area contributed by atoms with Gasteiger partial charge in [-0.1, -0.05) is 11.6 Å². The molecule has 0 atom stereocenters. The predicted octanol–water partition coefficient (Wildman–Crippen LogP) is 3.86. The number of hydrogen-bond donors (Lipinski definition) is 0. The molecule has 2 heterocycles. The van der Waals surface area contributed by atoms with Gasteiger partial charge < -0.3 is 0 Å². The van der Waals surface area contributed by atoms with Crippen molar-refractivity contribution in [2.24, 2.45) is 0 Å². The third-order valence-corrected chi connectivity index (χ3v) is 2.64. The van der Waals surface area contributed by atoms with Crippen molar-refractivity contribution in [2.45, 2.75) is 32.5 Å². The van der Waals surface area contributed by atoms with Crippen molar-refractivity contribution in [3.8, 4) is 0 Å². The molecule has 0 saturated heterocycles. The highest BCUT2D eigenvalue weighted by Crippen LogP contribution is 2.36. The molecule has 98 valence electrons. The Bertz CT molecular complexity index is 596. The van der Waals surface area contributed by atoms with Crippen molar-refractivity contribution in [3.05, 3.63) is 23.0 Å². The van der Waals surface area contributed by atoms with E-state index in [9.17, 15) is 13.2 Å². The minimum absolute atomic E-state index is 0.0400. The Labute approximate surface area is 107 Å². The predicted molar refractivity (Wildman–Crippen MR) is 62.5 cm³/mol. The Morgan fingerprint density at radius 3 is 2.33 bits per heavy atom. The first-order chi connectivity index (χ1) is 8.10. The Kier molecular flexibility index (Phi) is 2.81. The fourth-order valence-corrected chi connectivity index (χ4v) is 1.88. The average Bonchev–Trinajstić information content (AvgIpc) is 2.57. The molecule has 0 radical (unpaired) electrons. The quantitative estimate of drug-likeness (QED) is 0.685. The van der Waals surface area contributed by atoms with E-state index in [4.69, 9.17) is 11.6 Å². The fraction of sp³-hybridized carbons (Fsp3) is 0.455. The van der Waals surface area contributed by atoms with Gasteiger partial charge in [-0.2, -0.15) is 18.3 Å². The molecule has 0 aliphatic rings. The molecule has 2 aromatic rings. The van der Waals surface area contributed by atoms with Crippen LogP contribution in [0.4, 0.5) is 13.2 Å². The summed E-state index contributed by atoms with van der Waals surface area (Å²) in [5.74, 6) is 0. The third kappa shape index (κ3) is 2.16. The van der Waals surface area contributed by atoms with Crippen LogP contribution in [0.2, 0.25) is 5.15 Å². The van der Waals surface area contributed by atoms with Crippen LogP contribution in [-0.4, -0.2) is 14.8 Å². The van der Waals surface area contributed by atoms with Crippen LogP contribution in [0, 0.1) is 0 Å².